The van der Waals surface area contributed by atoms with Gasteiger partial charge < -0.3 is 14.7 Å². The fourth-order valence-corrected chi connectivity index (χ4v) is 6.46. The molecule has 2 N–H and O–H groups in total. The van der Waals surface area contributed by atoms with Crippen molar-refractivity contribution in [1.82, 2.24) is 15.3 Å². The van der Waals surface area contributed by atoms with Crippen molar-refractivity contribution in [1.29, 1.82) is 0 Å². The van der Waals surface area contributed by atoms with Crippen molar-refractivity contribution in [3.05, 3.63) is 28.0 Å². The summed E-state index contributed by atoms with van der Waals surface area (Å²) in [6.07, 6.45) is 9.13. The van der Waals surface area contributed by atoms with Gasteiger partial charge in [-0.25, -0.2) is 4.98 Å². The number of amides is 1. The van der Waals surface area contributed by atoms with Gasteiger partial charge in [-0.2, -0.15) is 0 Å². The SMILES string of the molecule is Cc1oc2nc[nH]c(=O)c2c1C(=O)N[C@@H](C)C12CC3CC(CC(C3)C1)C2. The summed E-state index contributed by atoms with van der Waals surface area (Å²) in [5.74, 6) is 2.74. The van der Waals surface area contributed by atoms with Crippen LogP contribution < -0.4 is 10.9 Å². The molecule has 6 heteroatoms. The van der Waals surface area contributed by atoms with Crippen LogP contribution in [-0.2, 0) is 0 Å². The van der Waals surface area contributed by atoms with Crippen LogP contribution in [0.4, 0.5) is 0 Å². The van der Waals surface area contributed by atoms with E-state index in [4.69, 9.17) is 4.42 Å². The molecule has 4 fully saturated rings. The zero-order chi connectivity index (χ0) is 18.1. The Morgan fingerprint density at radius 2 is 1.88 bits per heavy atom. The van der Waals surface area contributed by atoms with Gasteiger partial charge in [-0.1, -0.05) is 0 Å². The van der Waals surface area contributed by atoms with E-state index in [1.807, 2.05) is 0 Å². The maximum Gasteiger partial charge on any atom is 0.262 e. The second-order valence-electron chi connectivity index (χ2n) is 8.92. The van der Waals surface area contributed by atoms with Crippen LogP contribution in [0.1, 0.15) is 61.6 Å². The first-order chi connectivity index (χ1) is 12.4. The lowest BCUT2D eigenvalue weighted by Crippen LogP contribution is -2.55. The molecule has 2 aromatic rings. The number of carbonyl (C=O) groups is 1. The highest BCUT2D eigenvalue weighted by atomic mass is 16.3. The van der Waals surface area contributed by atoms with Gasteiger partial charge >= 0.3 is 0 Å². The Kier molecular flexibility index (Phi) is 3.37. The maximum absolute atomic E-state index is 13.0. The van der Waals surface area contributed by atoms with Crippen molar-refractivity contribution >= 4 is 17.0 Å². The third-order valence-corrected chi connectivity index (χ3v) is 7.25. The first-order valence-electron chi connectivity index (χ1n) is 9.73. The van der Waals surface area contributed by atoms with Gasteiger partial charge in [-0.15, -0.1) is 0 Å². The van der Waals surface area contributed by atoms with E-state index >= 15 is 0 Å². The van der Waals surface area contributed by atoms with Gasteiger partial charge in [0.05, 0.1) is 11.9 Å². The average molecular weight is 355 g/mol. The van der Waals surface area contributed by atoms with E-state index in [-0.39, 0.29) is 34.0 Å². The van der Waals surface area contributed by atoms with Crippen molar-refractivity contribution in [3.63, 3.8) is 0 Å². The summed E-state index contributed by atoms with van der Waals surface area (Å²) < 4.78 is 5.54. The van der Waals surface area contributed by atoms with Gasteiger partial charge in [0.25, 0.3) is 11.5 Å². The normalized spacial score (nSPS) is 33.5. The van der Waals surface area contributed by atoms with Crippen LogP contribution in [0, 0.1) is 30.1 Å². The monoisotopic (exact) mass is 355 g/mol. The third kappa shape index (κ3) is 2.27. The van der Waals surface area contributed by atoms with Crippen LogP contribution in [-0.4, -0.2) is 21.9 Å². The third-order valence-electron chi connectivity index (χ3n) is 7.25. The highest BCUT2D eigenvalue weighted by molar-refractivity contribution is 6.06. The summed E-state index contributed by atoms with van der Waals surface area (Å²) >= 11 is 0. The van der Waals surface area contributed by atoms with E-state index in [1.54, 1.807) is 6.92 Å². The molecule has 0 spiro atoms. The summed E-state index contributed by atoms with van der Waals surface area (Å²) in [5, 5.41) is 3.47. The fourth-order valence-electron chi connectivity index (χ4n) is 6.46. The minimum Gasteiger partial charge on any atom is -0.442 e. The number of carbonyl (C=O) groups excluding carboxylic acids is 1. The number of fused-ring (bicyclic) bond motifs is 1. The van der Waals surface area contributed by atoms with Crippen molar-refractivity contribution in [2.45, 2.75) is 58.4 Å². The number of rotatable bonds is 3. The van der Waals surface area contributed by atoms with Gasteiger partial charge in [-0.3, -0.25) is 9.59 Å². The van der Waals surface area contributed by atoms with Gasteiger partial charge in [0.2, 0.25) is 5.71 Å². The molecule has 0 radical (unpaired) electrons. The molecular weight excluding hydrogens is 330 g/mol. The number of aryl methyl sites for hydroxylation is 1. The molecule has 4 saturated carbocycles. The lowest BCUT2D eigenvalue weighted by Gasteiger charge is -2.59. The predicted octanol–water partition coefficient (Wildman–Crippen LogP) is 3.16. The highest BCUT2D eigenvalue weighted by Crippen LogP contribution is 2.61. The van der Waals surface area contributed by atoms with Gasteiger partial charge in [0, 0.05) is 6.04 Å². The number of nitrogens with zero attached hydrogens (tertiary/aromatic N) is 1. The molecule has 2 aromatic heterocycles. The lowest BCUT2D eigenvalue weighted by atomic mass is 9.48. The Morgan fingerprint density at radius 1 is 1.27 bits per heavy atom. The number of H-pyrrole nitrogens is 1. The molecule has 0 unspecified atom stereocenters. The molecule has 0 saturated heterocycles. The summed E-state index contributed by atoms with van der Waals surface area (Å²) in [6, 6.07) is 0.100. The minimum atomic E-state index is -0.334. The van der Waals surface area contributed by atoms with Crippen molar-refractivity contribution in [2.24, 2.45) is 23.2 Å². The summed E-state index contributed by atoms with van der Waals surface area (Å²) in [5.41, 5.74) is 0.437. The summed E-state index contributed by atoms with van der Waals surface area (Å²) in [4.78, 5) is 31.8. The zero-order valence-corrected chi connectivity index (χ0v) is 15.3. The minimum absolute atomic E-state index is 0.100. The standard InChI is InChI=1S/C20H25N3O3/c1-10-15(16-17(24)21-9-22-19(16)26-10)18(25)23-11(2)20-6-12-3-13(7-20)5-14(4-12)8-20/h9,11-14H,3-8H2,1-2H3,(H,23,25)(H,21,22,24)/t11-,12?,13?,14?,20?/m0/s1. The molecule has 4 bridgehead atoms. The summed E-state index contributed by atoms with van der Waals surface area (Å²) in [7, 11) is 0. The van der Waals surface area contributed by atoms with Crippen LogP contribution in [0.15, 0.2) is 15.5 Å². The van der Waals surface area contributed by atoms with Gasteiger partial charge in [0.1, 0.15) is 11.1 Å². The Bertz CT molecular complexity index is 906. The number of nitrogens with one attached hydrogen (secondary N) is 2. The fraction of sp³-hybridized carbons (Fsp3) is 0.650. The van der Waals surface area contributed by atoms with Crippen LogP contribution in [0.3, 0.4) is 0 Å². The van der Waals surface area contributed by atoms with Crippen LogP contribution in [0.25, 0.3) is 11.1 Å². The molecule has 4 aliphatic carbocycles. The zero-order valence-electron chi connectivity index (χ0n) is 15.3. The van der Waals surface area contributed by atoms with E-state index in [2.05, 4.69) is 22.2 Å². The van der Waals surface area contributed by atoms with Gasteiger partial charge in [0.15, 0.2) is 0 Å². The largest absolute Gasteiger partial charge is 0.442 e. The van der Waals surface area contributed by atoms with Crippen LogP contribution in [0.2, 0.25) is 0 Å². The second-order valence-corrected chi connectivity index (χ2v) is 8.92. The van der Waals surface area contributed by atoms with E-state index in [0.29, 0.717) is 11.3 Å². The molecule has 1 amide bonds. The Hall–Kier alpha value is -2.11. The molecule has 6 rings (SSSR count). The van der Waals surface area contributed by atoms with Crippen LogP contribution in [0.5, 0.6) is 0 Å². The van der Waals surface area contributed by atoms with Crippen LogP contribution >= 0.6 is 0 Å². The maximum atomic E-state index is 13.0. The molecule has 0 aromatic carbocycles. The number of hydrogen-bond donors (Lipinski definition) is 2. The Balaban J connectivity index is 1.44. The first kappa shape index (κ1) is 16.1. The Labute approximate surface area is 151 Å². The molecule has 0 aliphatic heterocycles. The lowest BCUT2D eigenvalue weighted by molar-refractivity contribution is -0.0688. The Morgan fingerprint density at radius 3 is 2.50 bits per heavy atom. The quantitative estimate of drug-likeness (QED) is 0.885. The van der Waals surface area contributed by atoms with E-state index in [0.717, 1.165) is 17.8 Å². The van der Waals surface area contributed by atoms with E-state index in [9.17, 15) is 9.59 Å². The first-order valence-corrected chi connectivity index (χ1v) is 9.73. The topological polar surface area (TPSA) is 88.0 Å². The van der Waals surface area contributed by atoms with Crippen molar-refractivity contribution in [3.8, 4) is 0 Å². The highest BCUT2D eigenvalue weighted by Gasteiger charge is 2.53. The van der Waals surface area contributed by atoms with Crippen molar-refractivity contribution < 1.29 is 9.21 Å². The van der Waals surface area contributed by atoms with Crippen molar-refractivity contribution in [2.75, 3.05) is 0 Å². The second kappa shape index (κ2) is 5.44. The smallest absolute Gasteiger partial charge is 0.262 e. The van der Waals surface area contributed by atoms with E-state index in [1.165, 1.54) is 44.9 Å². The predicted molar refractivity (Wildman–Crippen MR) is 96.9 cm³/mol. The molecule has 26 heavy (non-hydrogen) atoms. The number of aromatic amines is 1. The molecular formula is C20H25N3O3. The number of hydrogen-bond acceptors (Lipinski definition) is 4. The molecule has 6 nitrogen and oxygen atoms in total. The summed E-state index contributed by atoms with van der Waals surface area (Å²) in [6.45, 7) is 3.86. The molecule has 4 aliphatic rings. The number of furan rings is 1. The molecule has 1 atom stereocenters. The average Bonchev–Trinajstić information content (AvgIpc) is 2.91. The van der Waals surface area contributed by atoms with E-state index < -0.39 is 0 Å². The molecule has 2 heterocycles. The number of aromatic nitrogens is 2. The van der Waals surface area contributed by atoms with Gasteiger partial charge in [-0.05, 0) is 75.5 Å². The molecule has 138 valence electrons.